The van der Waals surface area contributed by atoms with Crippen molar-refractivity contribution >= 4 is 49.2 Å². The van der Waals surface area contributed by atoms with Crippen LogP contribution in [0.1, 0.15) is 24.5 Å². The topological polar surface area (TPSA) is 139 Å². The smallest absolute Gasteiger partial charge is 0.238 e. The molecule has 0 saturated heterocycles. The van der Waals surface area contributed by atoms with Gasteiger partial charge < -0.3 is 10.6 Å². The van der Waals surface area contributed by atoms with Crippen LogP contribution in [-0.4, -0.2) is 28.6 Å². The summed E-state index contributed by atoms with van der Waals surface area (Å²) < 4.78 is 23.3. The lowest BCUT2D eigenvalue weighted by molar-refractivity contribution is 0.598. The Balaban J connectivity index is 1.51. The molecular weight excluding hydrogens is 434 g/mol. The van der Waals surface area contributed by atoms with Gasteiger partial charge >= 0.3 is 0 Å². The van der Waals surface area contributed by atoms with Crippen LogP contribution in [0.15, 0.2) is 45.9 Å². The molecule has 3 aromatic rings. The lowest BCUT2D eigenvalue weighted by Crippen LogP contribution is -2.11. The first-order chi connectivity index (χ1) is 12.9. The van der Waals surface area contributed by atoms with Crippen molar-refractivity contribution in [3.05, 3.63) is 46.7 Å². The van der Waals surface area contributed by atoms with Gasteiger partial charge in [0.2, 0.25) is 16.0 Å². The molecule has 1 aliphatic rings. The molecule has 0 amide bonds. The molecule has 0 unspecified atom stereocenters. The number of hydrogen-bond acceptors (Lipinski definition) is 7. The number of H-pyrrole nitrogens is 1. The summed E-state index contributed by atoms with van der Waals surface area (Å²) in [5, 5.41) is 18.6. The van der Waals surface area contributed by atoms with Crippen molar-refractivity contribution in [1.82, 2.24) is 20.2 Å². The van der Waals surface area contributed by atoms with E-state index in [1.807, 2.05) is 6.07 Å². The van der Waals surface area contributed by atoms with Crippen molar-refractivity contribution in [2.45, 2.75) is 23.7 Å². The Bertz CT molecular complexity index is 1080. The van der Waals surface area contributed by atoms with Crippen LogP contribution >= 0.6 is 15.9 Å². The van der Waals surface area contributed by atoms with E-state index in [1.54, 1.807) is 18.3 Å². The van der Waals surface area contributed by atoms with Crippen LogP contribution in [0.3, 0.4) is 0 Å². The number of benzene rings is 1. The minimum atomic E-state index is -3.72. The largest absolute Gasteiger partial charge is 0.324 e. The van der Waals surface area contributed by atoms with Crippen LogP contribution in [-0.2, 0) is 10.0 Å². The number of sulfonamides is 1. The monoisotopic (exact) mass is 449 g/mol. The van der Waals surface area contributed by atoms with Crippen LogP contribution in [0.25, 0.3) is 0 Å². The van der Waals surface area contributed by atoms with Crippen LogP contribution in [0.2, 0.25) is 0 Å². The minimum Gasteiger partial charge on any atom is -0.324 e. The van der Waals surface area contributed by atoms with Gasteiger partial charge in [-0.15, -0.1) is 0 Å². The summed E-state index contributed by atoms with van der Waals surface area (Å²) in [5.41, 5.74) is 1.75. The molecule has 5 N–H and O–H groups in total. The molecule has 1 aromatic carbocycles. The van der Waals surface area contributed by atoms with E-state index in [0.717, 1.165) is 5.69 Å². The minimum absolute atomic E-state index is 0.0390. The van der Waals surface area contributed by atoms with Gasteiger partial charge in [0.25, 0.3) is 0 Å². The first kappa shape index (κ1) is 17.9. The van der Waals surface area contributed by atoms with Crippen LogP contribution in [0, 0.1) is 0 Å². The average molecular weight is 450 g/mol. The fourth-order valence-corrected chi connectivity index (χ4v) is 3.30. The van der Waals surface area contributed by atoms with E-state index in [9.17, 15) is 8.42 Å². The molecule has 1 aliphatic carbocycles. The zero-order valence-electron chi connectivity index (χ0n) is 14.0. The molecule has 2 aromatic heterocycles. The summed E-state index contributed by atoms with van der Waals surface area (Å²) in [7, 11) is -3.72. The maximum absolute atomic E-state index is 11.3. The number of aromatic nitrogens is 4. The van der Waals surface area contributed by atoms with Gasteiger partial charge in [0.05, 0.1) is 9.37 Å². The lowest BCUT2D eigenvalue weighted by atomic mass is 10.3. The Morgan fingerprint density at radius 3 is 2.59 bits per heavy atom. The predicted molar refractivity (Wildman–Crippen MR) is 105 cm³/mol. The maximum Gasteiger partial charge on any atom is 0.238 e. The highest BCUT2D eigenvalue weighted by Gasteiger charge is 2.25. The molecule has 4 rings (SSSR count). The molecule has 140 valence electrons. The van der Waals surface area contributed by atoms with Crippen LogP contribution < -0.4 is 15.8 Å². The molecule has 1 fully saturated rings. The molecule has 0 bridgehead atoms. The van der Waals surface area contributed by atoms with E-state index >= 15 is 0 Å². The number of nitrogens with zero attached hydrogens (tertiary/aromatic N) is 3. The first-order valence-electron chi connectivity index (χ1n) is 8.13. The highest BCUT2D eigenvalue weighted by atomic mass is 79.9. The second-order valence-corrected chi connectivity index (χ2v) is 8.61. The Morgan fingerprint density at radius 1 is 1.19 bits per heavy atom. The van der Waals surface area contributed by atoms with Crippen LogP contribution in [0.5, 0.6) is 0 Å². The summed E-state index contributed by atoms with van der Waals surface area (Å²) in [5.74, 6) is 2.17. The summed E-state index contributed by atoms with van der Waals surface area (Å²) in [6.07, 6.45) is 4.00. The van der Waals surface area contributed by atoms with Gasteiger partial charge in [-0.25, -0.2) is 18.5 Å². The normalized spacial score (nSPS) is 14.1. The molecule has 0 atom stereocenters. The molecule has 0 spiro atoms. The van der Waals surface area contributed by atoms with Crippen molar-refractivity contribution in [2.75, 3.05) is 10.6 Å². The SMILES string of the molecule is NS(=O)(=O)c1ccc(Nc2ncc(Br)c(Nc3cc(C4CC4)[nH]n3)n2)cc1. The second kappa shape index (κ2) is 6.91. The van der Waals surface area contributed by atoms with E-state index in [1.165, 1.54) is 25.0 Å². The number of hydrogen-bond donors (Lipinski definition) is 4. The Morgan fingerprint density at radius 2 is 1.93 bits per heavy atom. The molecule has 27 heavy (non-hydrogen) atoms. The van der Waals surface area contributed by atoms with E-state index in [-0.39, 0.29) is 4.90 Å². The highest BCUT2D eigenvalue weighted by molar-refractivity contribution is 9.10. The quantitative estimate of drug-likeness (QED) is 0.453. The third-order valence-electron chi connectivity index (χ3n) is 4.04. The van der Waals surface area contributed by atoms with E-state index in [2.05, 4.69) is 46.7 Å². The number of aromatic amines is 1. The van der Waals surface area contributed by atoms with Crippen molar-refractivity contribution in [2.24, 2.45) is 5.14 Å². The molecule has 1 saturated carbocycles. The maximum atomic E-state index is 11.3. The van der Waals surface area contributed by atoms with Crippen LogP contribution in [0.4, 0.5) is 23.3 Å². The van der Waals surface area contributed by atoms with Gasteiger partial charge in [-0.3, -0.25) is 5.10 Å². The standard InChI is InChI=1S/C16H16BrN7O2S/c17-12-8-19-16(20-10-3-5-11(6-4-10)27(18,25)26)22-15(12)21-14-7-13(23-24-14)9-1-2-9/h3-9H,1-2H2,(H2,18,25,26)(H3,19,20,21,22,23,24). The number of nitrogens with two attached hydrogens (primary N) is 1. The van der Waals surface area contributed by atoms with Crippen molar-refractivity contribution in [3.8, 4) is 0 Å². The van der Waals surface area contributed by atoms with Gasteiger partial charge in [-0.05, 0) is 53.0 Å². The first-order valence-corrected chi connectivity index (χ1v) is 10.5. The number of halogens is 1. The van der Waals surface area contributed by atoms with Crippen molar-refractivity contribution < 1.29 is 8.42 Å². The zero-order chi connectivity index (χ0) is 19.0. The number of rotatable bonds is 6. The lowest BCUT2D eigenvalue weighted by Gasteiger charge is -2.09. The van der Waals surface area contributed by atoms with Crippen molar-refractivity contribution in [3.63, 3.8) is 0 Å². The molecule has 0 aliphatic heterocycles. The third kappa shape index (κ3) is 4.26. The van der Waals surface area contributed by atoms with Gasteiger partial charge in [0.15, 0.2) is 11.6 Å². The Hall–Kier alpha value is -2.50. The highest BCUT2D eigenvalue weighted by Crippen LogP contribution is 2.39. The molecule has 11 heteroatoms. The second-order valence-electron chi connectivity index (χ2n) is 6.19. The molecule has 9 nitrogen and oxygen atoms in total. The number of primary sulfonamides is 1. The Labute approximate surface area is 164 Å². The fraction of sp³-hybridized carbons (Fsp3) is 0.188. The number of nitrogens with one attached hydrogen (secondary N) is 3. The third-order valence-corrected chi connectivity index (χ3v) is 5.55. The summed E-state index contributed by atoms with van der Waals surface area (Å²) in [4.78, 5) is 8.68. The summed E-state index contributed by atoms with van der Waals surface area (Å²) >= 11 is 3.42. The zero-order valence-corrected chi connectivity index (χ0v) is 16.4. The predicted octanol–water partition coefficient (Wildman–Crippen LogP) is 2.97. The molecule has 0 radical (unpaired) electrons. The fourth-order valence-electron chi connectivity index (χ4n) is 2.50. The van der Waals surface area contributed by atoms with E-state index < -0.39 is 10.0 Å². The average Bonchev–Trinajstić information content (AvgIpc) is 3.37. The van der Waals surface area contributed by atoms with Gasteiger partial charge in [-0.1, -0.05) is 0 Å². The van der Waals surface area contributed by atoms with Gasteiger partial charge in [0.1, 0.15) is 0 Å². The van der Waals surface area contributed by atoms with Gasteiger partial charge in [0, 0.05) is 29.6 Å². The van der Waals surface area contributed by atoms with Crippen molar-refractivity contribution in [1.29, 1.82) is 0 Å². The molecule has 2 heterocycles. The van der Waals surface area contributed by atoms with Gasteiger partial charge in [-0.2, -0.15) is 10.1 Å². The summed E-state index contributed by atoms with van der Waals surface area (Å²) in [6.45, 7) is 0. The Kier molecular flexibility index (Phi) is 4.58. The summed E-state index contributed by atoms with van der Waals surface area (Å²) in [6, 6.07) is 7.99. The van der Waals surface area contributed by atoms with E-state index in [0.29, 0.717) is 33.7 Å². The molecular formula is C16H16BrN7O2S. The van der Waals surface area contributed by atoms with E-state index in [4.69, 9.17) is 5.14 Å². The number of anilines is 4.